The molecule has 69 heavy (non-hydrogen) atoms. The Labute approximate surface area is 400 Å². The third-order valence-corrected chi connectivity index (χ3v) is 15.1. The first-order chi connectivity index (χ1) is 31.1. The zero-order valence-electron chi connectivity index (χ0n) is 33.8. The van der Waals surface area contributed by atoms with Gasteiger partial charge in [-0.3, -0.25) is 4.55 Å². The van der Waals surface area contributed by atoms with Gasteiger partial charge in [-0.1, -0.05) is 66.4 Å². The van der Waals surface area contributed by atoms with E-state index in [4.69, 9.17) is 4.55 Å². The highest BCUT2D eigenvalue weighted by molar-refractivity contribution is 14.1. The molecule has 0 spiro atoms. The van der Waals surface area contributed by atoms with Crippen LogP contribution >= 0.6 is 34.4 Å². The summed E-state index contributed by atoms with van der Waals surface area (Å²) >= 11 is 4.24. The zero-order valence-corrected chi connectivity index (χ0v) is 39.3. The molecule has 5 aromatic rings. The van der Waals surface area contributed by atoms with Gasteiger partial charge < -0.3 is 4.55 Å². The Balaban J connectivity index is 0.000000313. The van der Waals surface area contributed by atoms with E-state index in [1.54, 1.807) is 0 Å². The Morgan fingerprint density at radius 1 is 0.493 bits per heavy atom. The van der Waals surface area contributed by atoms with Gasteiger partial charge in [0.1, 0.15) is 0 Å². The number of halogens is 19. The van der Waals surface area contributed by atoms with Crippen LogP contribution in [-0.4, -0.2) is 72.5 Å². The maximum atomic E-state index is 12.2. The van der Waals surface area contributed by atoms with Crippen molar-refractivity contribution in [2.45, 2.75) is 84.9 Å². The fourth-order valence-corrected chi connectivity index (χ4v) is 9.54. The van der Waals surface area contributed by atoms with Crippen LogP contribution in [0.2, 0.25) is 0 Å². The molecule has 0 bridgehead atoms. The van der Waals surface area contributed by atoms with E-state index < -0.39 is 66.8 Å². The summed E-state index contributed by atoms with van der Waals surface area (Å²) in [4.78, 5) is 6.54. The highest BCUT2D eigenvalue weighted by Gasteiger charge is 2.86. The van der Waals surface area contributed by atoms with Gasteiger partial charge in [-0.25, -0.2) is 8.42 Å². The van der Waals surface area contributed by atoms with Crippen LogP contribution in [0.3, 0.4) is 0 Å². The van der Waals surface area contributed by atoms with Crippen molar-refractivity contribution in [3.05, 3.63) is 136 Å². The molecular weight excluding hydrogens is 1170 g/mol. The number of rotatable bonds is 12. The first-order valence-corrected chi connectivity index (χ1v) is 23.9. The summed E-state index contributed by atoms with van der Waals surface area (Å²) in [5.41, 5.74) is 5.32. The van der Waals surface area contributed by atoms with Crippen molar-refractivity contribution in [2.24, 2.45) is 0 Å². The molecule has 5 rings (SSSR count). The molecule has 0 amide bonds. The van der Waals surface area contributed by atoms with E-state index in [9.17, 15) is 100 Å². The smallest absolute Gasteiger partial charge is 0.460 e. The molecule has 0 aliphatic heterocycles. The maximum Gasteiger partial charge on any atom is 0.460 e. The minimum absolute atomic E-state index is 0.110. The van der Waals surface area contributed by atoms with Crippen LogP contribution < -0.4 is 0 Å². The van der Waals surface area contributed by atoms with Crippen molar-refractivity contribution < 1.29 is 105 Å². The van der Waals surface area contributed by atoms with E-state index in [2.05, 4.69) is 158 Å². The molecule has 380 valence electrons. The van der Waals surface area contributed by atoms with E-state index >= 15 is 0 Å². The summed E-state index contributed by atoms with van der Waals surface area (Å²) in [5, 5.41) is -14.1. The molecule has 6 nitrogen and oxygen atoms in total. The van der Waals surface area contributed by atoms with Crippen LogP contribution in [0.5, 0.6) is 0 Å². The molecule has 0 atom stereocenters. The summed E-state index contributed by atoms with van der Waals surface area (Å²) in [7, 11) is -14.7. The lowest BCUT2D eigenvalue weighted by atomic mass is 9.96. The molecule has 0 saturated carbocycles. The van der Waals surface area contributed by atoms with Gasteiger partial charge in [0.15, 0.2) is 24.8 Å². The molecule has 0 saturated heterocycles. The van der Waals surface area contributed by atoms with Gasteiger partial charge in [0.05, 0.1) is 10.9 Å². The summed E-state index contributed by atoms with van der Waals surface area (Å²) in [6.45, 7) is 4.41. The molecule has 5 aromatic carbocycles. The van der Waals surface area contributed by atoms with Crippen LogP contribution in [0.25, 0.3) is 11.1 Å². The number of hydrogen-bond donors (Lipinski definition) is 1. The number of alkyl halides is 18. The lowest BCUT2D eigenvalue weighted by molar-refractivity contribution is -0.382. The van der Waals surface area contributed by atoms with Crippen molar-refractivity contribution >= 4 is 65.5 Å². The molecule has 1 N–H and O–H groups in total. The standard InChI is InChI=1S/C32H26IS2.2C4HF9O3S/c1-23-13-22-31(33)24(2)32(23)25-14-16-26(17-15-25)34-27-18-20-30(21-19-27)35(28-9-5-3-6-10-28)29-11-7-4-8-12-29;2*5-1(6,3(9,10)11)2(7,8)4(12,13)17(14,15)16/h3-22H,1-2H3;2*(H,14,15,16)/q+1;;/p-1. The van der Waals surface area contributed by atoms with Crippen molar-refractivity contribution in [3.63, 3.8) is 0 Å². The second kappa shape index (κ2) is 21.0. The van der Waals surface area contributed by atoms with Crippen molar-refractivity contribution in [2.75, 3.05) is 0 Å². The fourth-order valence-electron chi connectivity index (χ4n) is 5.30. The number of hydrogen-bond acceptors (Lipinski definition) is 6. The minimum atomic E-state index is -7.43. The Morgan fingerprint density at radius 3 is 1.19 bits per heavy atom. The van der Waals surface area contributed by atoms with Crippen LogP contribution in [0.4, 0.5) is 79.0 Å². The van der Waals surface area contributed by atoms with Gasteiger partial charge in [-0.15, -0.1) is 0 Å². The molecule has 0 heterocycles. The highest BCUT2D eigenvalue weighted by atomic mass is 127. The minimum Gasteiger partial charge on any atom is -0.743 e. The molecule has 0 fully saturated rings. The first-order valence-electron chi connectivity index (χ1n) is 17.9. The van der Waals surface area contributed by atoms with E-state index in [0.29, 0.717) is 0 Å². The lowest BCUT2D eigenvalue weighted by Crippen LogP contribution is -2.63. The van der Waals surface area contributed by atoms with Crippen molar-refractivity contribution in [1.29, 1.82) is 0 Å². The van der Waals surface area contributed by atoms with Gasteiger partial charge >= 0.3 is 56.7 Å². The summed E-state index contributed by atoms with van der Waals surface area (Å²) in [6.07, 6.45) is -14.3. The Morgan fingerprint density at radius 2 is 0.841 bits per heavy atom. The molecule has 0 aliphatic carbocycles. The number of benzene rings is 5. The second-order valence-corrected chi connectivity index (χ2v) is 20.9. The monoisotopic (exact) mass is 1200 g/mol. The van der Waals surface area contributed by atoms with Crippen LogP contribution in [0.15, 0.2) is 146 Å². The van der Waals surface area contributed by atoms with Crippen molar-refractivity contribution in [1.82, 2.24) is 0 Å². The second-order valence-electron chi connectivity index (χ2n) is 13.7. The quantitative estimate of drug-likeness (QED) is 0.0573. The summed E-state index contributed by atoms with van der Waals surface area (Å²) in [6, 6.07) is 44.1. The van der Waals surface area contributed by atoms with Gasteiger partial charge in [0.25, 0.3) is 0 Å². The fraction of sp³-hybridized carbons (Fsp3) is 0.250. The average Bonchev–Trinajstić information content (AvgIpc) is 3.23. The molecule has 0 radical (unpaired) electrons. The van der Waals surface area contributed by atoms with Gasteiger partial charge in [-0.2, -0.15) is 87.4 Å². The SMILES string of the molecule is Cc1ccc(I)c(C)c1-c1ccc(Sc2ccc([S+](c3ccccc3)c3ccccc3)cc2)cc1.O=S(=O)(O)C(F)(F)C(F)(F)C(F)(F)C(F)(F)F.O=S(=O)([O-])C(F)(F)C(F)(F)C(F)(F)C(F)(F)F. The molecule has 0 aliphatic rings. The first kappa shape index (κ1) is 59.4. The topological polar surface area (TPSA) is 112 Å². The molecule has 0 aromatic heterocycles. The molecular formula is C40H27F18IO6S4. The van der Waals surface area contributed by atoms with E-state index in [1.165, 1.54) is 50.3 Å². The van der Waals surface area contributed by atoms with Crippen LogP contribution in [0.1, 0.15) is 11.1 Å². The highest BCUT2D eigenvalue weighted by Crippen LogP contribution is 2.56. The third kappa shape index (κ3) is 12.4. The van der Waals surface area contributed by atoms with Crippen molar-refractivity contribution in [3.8, 4) is 11.1 Å². The largest absolute Gasteiger partial charge is 0.743 e. The van der Waals surface area contributed by atoms with E-state index in [1.807, 2.05) is 11.8 Å². The van der Waals surface area contributed by atoms with E-state index in [0.717, 1.165) is 0 Å². The van der Waals surface area contributed by atoms with Gasteiger partial charge in [0.2, 0.25) is 0 Å². The molecule has 0 unspecified atom stereocenters. The number of aryl methyl sites for hydroxylation is 1. The van der Waals surface area contributed by atoms with Crippen LogP contribution in [-0.2, 0) is 31.1 Å². The van der Waals surface area contributed by atoms with Gasteiger partial charge in [0, 0.05) is 13.4 Å². The van der Waals surface area contributed by atoms with E-state index in [-0.39, 0.29) is 10.9 Å². The molecule has 29 heteroatoms. The third-order valence-electron chi connectivity index (χ3n) is 8.87. The summed E-state index contributed by atoms with van der Waals surface area (Å²) in [5.74, 6) is -29.5. The average molecular weight is 1200 g/mol. The lowest BCUT2D eigenvalue weighted by Gasteiger charge is -2.34. The van der Waals surface area contributed by atoms with Gasteiger partial charge in [-0.05, 0) is 125 Å². The van der Waals surface area contributed by atoms with Crippen LogP contribution in [0, 0.1) is 17.4 Å². The predicted octanol–water partition coefficient (Wildman–Crippen LogP) is 14.1. The summed E-state index contributed by atoms with van der Waals surface area (Å²) < 4.78 is 271. The zero-order chi connectivity index (χ0) is 53.2. The Hall–Kier alpha value is -3.91. The Bertz CT molecular complexity index is 2640. The normalized spacial score (nSPS) is 13.6. The Kier molecular flexibility index (Phi) is 18.1. The maximum absolute atomic E-state index is 12.2. The predicted molar refractivity (Wildman–Crippen MR) is 223 cm³/mol.